The largest absolute Gasteiger partial charge is 0.327 e. The number of hydrogen-bond donors (Lipinski definition) is 0. The summed E-state index contributed by atoms with van der Waals surface area (Å²) in [4.78, 5) is 13.5. The maximum absolute atomic E-state index is 9.08. The Morgan fingerprint density at radius 3 is 2.92 bits per heavy atom. The predicted molar refractivity (Wildman–Crippen MR) is 92.6 cm³/mol. The van der Waals surface area contributed by atoms with Gasteiger partial charge in [0.15, 0.2) is 10.8 Å². The van der Waals surface area contributed by atoms with Gasteiger partial charge in [-0.2, -0.15) is 5.26 Å². The van der Waals surface area contributed by atoms with E-state index in [1.165, 1.54) is 0 Å². The summed E-state index contributed by atoms with van der Waals surface area (Å²) >= 11 is 1.57. The van der Waals surface area contributed by atoms with Crippen molar-refractivity contribution < 1.29 is 0 Å². The van der Waals surface area contributed by atoms with E-state index < -0.39 is 0 Å². The number of hydrogen-bond acceptors (Lipinski definition) is 5. The summed E-state index contributed by atoms with van der Waals surface area (Å²) in [7, 11) is 0. The summed E-state index contributed by atoms with van der Waals surface area (Å²) in [6.07, 6.45) is 5.50. The second-order valence-electron chi connectivity index (χ2n) is 5.30. The molecule has 0 saturated carbocycles. The first kappa shape index (κ1) is 14.6. The fraction of sp³-hybridized carbons (Fsp3) is 0.176. The number of nitriles is 1. The first-order valence-corrected chi connectivity index (χ1v) is 8.48. The van der Waals surface area contributed by atoms with Crippen LogP contribution in [0.15, 0.2) is 42.2 Å². The molecule has 6 nitrogen and oxygen atoms in total. The third-order valence-electron chi connectivity index (χ3n) is 3.92. The van der Waals surface area contributed by atoms with Gasteiger partial charge in [0, 0.05) is 30.5 Å². The van der Waals surface area contributed by atoms with Crippen LogP contribution in [0.5, 0.6) is 0 Å². The monoisotopic (exact) mass is 334 g/mol. The van der Waals surface area contributed by atoms with E-state index in [9.17, 15) is 0 Å². The van der Waals surface area contributed by atoms with Crippen LogP contribution in [0.3, 0.4) is 0 Å². The lowest BCUT2D eigenvalue weighted by Gasteiger charge is -2.08. The first-order chi connectivity index (χ1) is 11.8. The Morgan fingerprint density at radius 2 is 2.17 bits per heavy atom. The lowest BCUT2D eigenvalue weighted by Crippen LogP contribution is -2.08. The third kappa shape index (κ3) is 2.37. The maximum atomic E-state index is 9.08. The highest BCUT2D eigenvalue weighted by Crippen LogP contribution is 2.23. The van der Waals surface area contributed by atoms with Gasteiger partial charge < -0.3 is 9.13 Å². The van der Waals surface area contributed by atoms with Gasteiger partial charge in [0.1, 0.15) is 5.82 Å². The van der Waals surface area contributed by atoms with Gasteiger partial charge in [-0.15, -0.1) is 11.3 Å². The average Bonchev–Trinajstić information content (AvgIpc) is 3.33. The third-order valence-corrected chi connectivity index (χ3v) is 4.69. The number of rotatable bonds is 4. The molecule has 7 heteroatoms. The normalized spacial score (nSPS) is 11.0. The van der Waals surface area contributed by atoms with Crippen LogP contribution < -0.4 is 0 Å². The molecule has 3 heterocycles. The number of aromatic nitrogens is 5. The van der Waals surface area contributed by atoms with Crippen molar-refractivity contribution in [3.8, 4) is 16.9 Å². The van der Waals surface area contributed by atoms with Crippen LogP contribution in [0.1, 0.15) is 18.3 Å². The van der Waals surface area contributed by atoms with Crippen LogP contribution >= 0.6 is 11.3 Å². The van der Waals surface area contributed by atoms with E-state index in [4.69, 9.17) is 10.2 Å². The Labute approximate surface area is 142 Å². The molecular weight excluding hydrogens is 320 g/mol. The van der Waals surface area contributed by atoms with Crippen molar-refractivity contribution in [1.82, 2.24) is 24.1 Å². The molecule has 0 spiro atoms. The van der Waals surface area contributed by atoms with E-state index in [2.05, 4.69) is 32.1 Å². The molecule has 0 radical (unpaired) electrons. The second kappa shape index (κ2) is 5.91. The zero-order valence-electron chi connectivity index (χ0n) is 13.0. The molecule has 0 bridgehead atoms. The number of thiazole rings is 1. The summed E-state index contributed by atoms with van der Waals surface area (Å²) in [5, 5.41) is 11.9. The van der Waals surface area contributed by atoms with Crippen molar-refractivity contribution >= 4 is 22.4 Å². The Kier molecular flexibility index (Phi) is 3.59. The fourth-order valence-corrected chi connectivity index (χ4v) is 3.49. The molecule has 0 unspecified atom stereocenters. The lowest BCUT2D eigenvalue weighted by molar-refractivity contribution is 0.667. The Hall–Kier alpha value is -2.98. The van der Waals surface area contributed by atoms with Gasteiger partial charge in [-0.1, -0.05) is 0 Å². The molecule has 0 fully saturated rings. The quantitative estimate of drug-likeness (QED) is 0.574. The average molecular weight is 334 g/mol. The van der Waals surface area contributed by atoms with Crippen molar-refractivity contribution in [2.45, 2.75) is 20.0 Å². The molecule has 1 aromatic carbocycles. The fourth-order valence-electron chi connectivity index (χ4n) is 2.84. The summed E-state index contributed by atoms with van der Waals surface area (Å²) in [6, 6.07) is 7.80. The number of aryl methyl sites for hydroxylation is 1. The van der Waals surface area contributed by atoms with E-state index in [1.807, 2.05) is 29.8 Å². The molecule has 0 amide bonds. The van der Waals surface area contributed by atoms with Crippen molar-refractivity contribution in [2.24, 2.45) is 0 Å². The van der Waals surface area contributed by atoms with Gasteiger partial charge in [0.25, 0.3) is 0 Å². The SMILES string of the molecule is CCn1c(Cn2ccnc2-c2nccs2)nc2cc(C#N)ccc21. The van der Waals surface area contributed by atoms with E-state index in [0.717, 1.165) is 34.2 Å². The van der Waals surface area contributed by atoms with Crippen molar-refractivity contribution in [3.05, 3.63) is 53.6 Å². The van der Waals surface area contributed by atoms with Crippen molar-refractivity contribution in [1.29, 1.82) is 5.26 Å². The Morgan fingerprint density at radius 1 is 1.25 bits per heavy atom. The molecule has 0 aliphatic carbocycles. The molecule has 0 atom stereocenters. The van der Waals surface area contributed by atoms with Gasteiger partial charge in [0.05, 0.1) is 29.2 Å². The Balaban J connectivity index is 1.78. The summed E-state index contributed by atoms with van der Waals surface area (Å²) in [6.45, 7) is 3.52. The van der Waals surface area contributed by atoms with Crippen LogP contribution in [0.4, 0.5) is 0 Å². The van der Waals surface area contributed by atoms with Crippen molar-refractivity contribution in [2.75, 3.05) is 0 Å². The second-order valence-corrected chi connectivity index (χ2v) is 6.20. The molecule has 0 N–H and O–H groups in total. The minimum Gasteiger partial charge on any atom is -0.327 e. The molecule has 3 aromatic heterocycles. The van der Waals surface area contributed by atoms with E-state index in [-0.39, 0.29) is 0 Å². The molecule has 24 heavy (non-hydrogen) atoms. The number of benzene rings is 1. The highest BCUT2D eigenvalue weighted by atomic mass is 32.1. The number of nitrogens with zero attached hydrogens (tertiary/aromatic N) is 6. The highest BCUT2D eigenvalue weighted by Gasteiger charge is 2.14. The first-order valence-electron chi connectivity index (χ1n) is 7.60. The van der Waals surface area contributed by atoms with Crippen LogP contribution in [0.25, 0.3) is 21.9 Å². The number of fused-ring (bicyclic) bond motifs is 1. The molecule has 0 aliphatic rings. The zero-order valence-corrected chi connectivity index (χ0v) is 13.9. The maximum Gasteiger partial charge on any atom is 0.169 e. The van der Waals surface area contributed by atoms with E-state index in [1.54, 1.807) is 23.7 Å². The highest BCUT2D eigenvalue weighted by molar-refractivity contribution is 7.13. The summed E-state index contributed by atoms with van der Waals surface area (Å²) < 4.78 is 4.22. The topological polar surface area (TPSA) is 72.3 Å². The summed E-state index contributed by atoms with van der Waals surface area (Å²) in [5.74, 6) is 1.79. The zero-order chi connectivity index (χ0) is 16.5. The molecule has 4 aromatic rings. The van der Waals surface area contributed by atoms with Gasteiger partial charge in [-0.05, 0) is 25.1 Å². The van der Waals surface area contributed by atoms with Gasteiger partial charge in [-0.25, -0.2) is 15.0 Å². The molecule has 0 saturated heterocycles. The molecule has 118 valence electrons. The van der Waals surface area contributed by atoms with Crippen LogP contribution in [-0.2, 0) is 13.1 Å². The van der Waals surface area contributed by atoms with Gasteiger partial charge in [-0.3, -0.25) is 0 Å². The van der Waals surface area contributed by atoms with Crippen molar-refractivity contribution in [3.63, 3.8) is 0 Å². The van der Waals surface area contributed by atoms with E-state index >= 15 is 0 Å². The lowest BCUT2D eigenvalue weighted by atomic mass is 10.2. The van der Waals surface area contributed by atoms with Gasteiger partial charge in [0.2, 0.25) is 0 Å². The Bertz CT molecular complexity index is 1040. The van der Waals surface area contributed by atoms with Crippen LogP contribution in [0.2, 0.25) is 0 Å². The van der Waals surface area contributed by atoms with Crippen LogP contribution in [0, 0.1) is 11.3 Å². The standard InChI is InChI=1S/C17H14N6S/c1-2-23-14-4-3-12(10-18)9-13(14)21-15(23)11-22-7-5-19-16(22)17-20-6-8-24-17/h3-9H,2,11H2,1H3. The molecule has 0 aliphatic heterocycles. The predicted octanol–water partition coefficient (Wildman–Crippen LogP) is 3.30. The number of imidazole rings is 2. The molecule has 4 rings (SSSR count). The van der Waals surface area contributed by atoms with E-state index in [0.29, 0.717) is 12.1 Å². The smallest absolute Gasteiger partial charge is 0.169 e. The van der Waals surface area contributed by atoms with Crippen LogP contribution in [-0.4, -0.2) is 24.1 Å². The summed E-state index contributed by atoms with van der Waals surface area (Å²) in [5.41, 5.74) is 2.52. The van der Waals surface area contributed by atoms with Gasteiger partial charge >= 0.3 is 0 Å². The minimum absolute atomic E-state index is 0.610. The minimum atomic E-state index is 0.610. The molecular formula is C17H14N6S.